The maximum atomic E-state index is 13.1. The Kier molecular flexibility index (Phi) is 7.61. The van der Waals surface area contributed by atoms with Gasteiger partial charge in [-0.1, -0.05) is 54.5 Å². The molecule has 0 aromatic heterocycles. The van der Waals surface area contributed by atoms with E-state index in [1.54, 1.807) is 11.8 Å². The van der Waals surface area contributed by atoms with Gasteiger partial charge in [0.1, 0.15) is 11.5 Å². The number of ether oxygens (including phenoxy) is 1. The summed E-state index contributed by atoms with van der Waals surface area (Å²) in [7, 11) is 0. The molecule has 0 unspecified atom stereocenters. The molecule has 0 aliphatic heterocycles. The molecule has 0 saturated heterocycles. The van der Waals surface area contributed by atoms with E-state index in [0.29, 0.717) is 30.7 Å². The number of terminal acetylenes is 1. The molecular formula is C27H25NO3. The first kappa shape index (κ1) is 21.9. The van der Waals surface area contributed by atoms with Crippen molar-refractivity contribution in [3.63, 3.8) is 0 Å². The Morgan fingerprint density at radius 3 is 2.35 bits per heavy atom. The number of benzene rings is 3. The molecule has 0 atom stereocenters. The first-order valence-corrected chi connectivity index (χ1v) is 10.2. The van der Waals surface area contributed by atoms with Crippen LogP contribution < -0.4 is 9.64 Å². The van der Waals surface area contributed by atoms with E-state index in [1.807, 2.05) is 78.9 Å². The number of carbonyl (C=O) groups is 2. The Bertz CT molecular complexity index is 1070. The van der Waals surface area contributed by atoms with Crippen molar-refractivity contribution in [2.24, 2.45) is 0 Å². The van der Waals surface area contributed by atoms with Gasteiger partial charge in [0.2, 0.25) is 0 Å². The number of ketones is 1. The van der Waals surface area contributed by atoms with Crippen molar-refractivity contribution in [2.45, 2.75) is 26.3 Å². The van der Waals surface area contributed by atoms with E-state index in [-0.39, 0.29) is 18.3 Å². The highest BCUT2D eigenvalue weighted by atomic mass is 16.5. The van der Waals surface area contributed by atoms with Crippen molar-refractivity contribution in [1.82, 2.24) is 0 Å². The maximum Gasteiger partial charge on any atom is 0.265 e. The molecule has 0 aliphatic rings. The van der Waals surface area contributed by atoms with Gasteiger partial charge in [-0.05, 0) is 54.8 Å². The molecule has 3 aromatic rings. The Morgan fingerprint density at radius 1 is 0.935 bits per heavy atom. The minimum atomic E-state index is -0.168. The number of hydrogen-bond donors (Lipinski definition) is 0. The minimum Gasteiger partial charge on any atom is -0.484 e. The third kappa shape index (κ3) is 6.58. The van der Waals surface area contributed by atoms with E-state index in [2.05, 4.69) is 5.92 Å². The third-order valence-electron chi connectivity index (χ3n) is 4.86. The van der Waals surface area contributed by atoms with Crippen LogP contribution in [-0.4, -0.2) is 18.3 Å². The van der Waals surface area contributed by atoms with Crippen LogP contribution in [0.2, 0.25) is 0 Å². The second-order valence-electron chi connectivity index (χ2n) is 7.29. The first-order valence-electron chi connectivity index (χ1n) is 10.2. The molecule has 3 rings (SSSR count). The van der Waals surface area contributed by atoms with Gasteiger partial charge in [0, 0.05) is 17.7 Å². The number of nitrogens with zero attached hydrogens (tertiary/aromatic N) is 1. The van der Waals surface area contributed by atoms with Crippen LogP contribution in [0.3, 0.4) is 0 Å². The fourth-order valence-corrected chi connectivity index (χ4v) is 3.15. The molecule has 0 fully saturated rings. The molecule has 0 saturated carbocycles. The number of carbonyl (C=O) groups excluding carboxylic acids is 2. The minimum absolute atomic E-state index is 0.0973. The van der Waals surface area contributed by atoms with Crippen molar-refractivity contribution in [3.05, 3.63) is 95.6 Å². The van der Waals surface area contributed by atoms with Gasteiger partial charge >= 0.3 is 0 Å². The zero-order valence-corrected chi connectivity index (χ0v) is 17.6. The summed E-state index contributed by atoms with van der Waals surface area (Å²) in [5.74, 6) is 3.22. The van der Waals surface area contributed by atoms with E-state index in [0.717, 1.165) is 16.8 Å². The summed E-state index contributed by atoms with van der Waals surface area (Å²) in [6, 6.07) is 24.6. The van der Waals surface area contributed by atoms with E-state index in [1.165, 1.54) is 0 Å². The second-order valence-corrected chi connectivity index (χ2v) is 7.29. The van der Waals surface area contributed by atoms with Gasteiger partial charge in [-0.2, -0.15) is 0 Å². The second kappa shape index (κ2) is 10.8. The summed E-state index contributed by atoms with van der Waals surface area (Å²) in [6.45, 7) is 1.91. The Morgan fingerprint density at radius 2 is 1.68 bits per heavy atom. The van der Waals surface area contributed by atoms with Crippen LogP contribution in [-0.2, 0) is 22.6 Å². The van der Waals surface area contributed by atoms with Crippen molar-refractivity contribution in [1.29, 1.82) is 0 Å². The number of Topliss-reactive ketones (excluding diaryl/α,β-unsaturated/α-hetero) is 1. The number of anilines is 1. The fraction of sp³-hybridized carbons (Fsp3) is 0.185. The molecule has 0 heterocycles. The van der Waals surface area contributed by atoms with Gasteiger partial charge in [-0.25, -0.2) is 0 Å². The topological polar surface area (TPSA) is 46.6 Å². The number of hydrogen-bond acceptors (Lipinski definition) is 3. The predicted molar refractivity (Wildman–Crippen MR) is 123 cm³/mol. The van der Waals surface area contributed by atoms with Gasteiger partial charge in [-0.15, -0.1) is 6.42 Å². The van der Waals surface area contributed by atoms with Crippen LogP contribution in [0.25, 0.3) is 0 Å². The van der Waals surface area contributed by atoms with Crippen molar-refractivity contribution < 1.29 is 14.3 Å². The Balaban J connectivity index is 1.71. The molecule has 4 nitrogen and oxygen atoms in total. The summed E-state index contributed by atoms with van der Waals surface area (Å²) < 4.78 is 5.75. The van der Waals surface area contributed by atoms with Gasteiger partial charge in [0.25, 0.3) is 5.91 Å². The Hall–Kier alpha value is -3.84. The lowest BCUT2D eigenvalue weighted by Gasteiger charge is -2.23. The molecule has 3 aromatic carbocycles. The summed E-state index contributed by atoms with van der Waals surface area (Å²) in [4.78, 5) is 25.9. The lowest BCUT2D eigenvalue weighted by atomic mass is 10.1. The van der Waals surface area contributed by atoms with Gasteiger partial charge in [-0.3, -0.25) is 4.79 Å². The molecule has 4 heteroatoms. The smallest absolute Gasteiger partial charge is 0.265 e. The summed E-state index contributed by atoms with van der Waals surface area (Å²) in [5.41, 5.74) is 3.51. The highest BCUT2D eigenvalue weighted by molar-refractivity contribution is 5.94. The largest absolute Gasteiger partial charge is 0.484 e. The molecule has 0 radical (unpaired) electrons. The number of aryl methyl sites for hydroxylation is 1. The predicted octanol–water partition coefficient (Wildman–Crippen LogP) is 4.80. The lowest BCUT2D eigenvalue weighted by Crippen LogP contribution is -2.34. The average Bonchev–Trinajstić information content (AvgIpc) is 2.81. The molecular weight excluding hydrogens is 386 g/mol. The maximum absolute atomic E-state index is 13.1. The highest BCUT2D eigenvalue weighted by Gasteiger charge is 2.17. The lowest BCUT2D eigenvalue weighted by molar-refractivity contribution is -0.120. The highest BCUT2D eigenvalue weighted by Crippen LogP contribution is 2.20. The number of rotatable bonds is 9. The Labute approximate surface area is 183 Å². The molecule has 0 aliphatic carbocycles. The van der Waals surface area contributed by atoms with Gasteiger partial charge in [0.05, 0.1) is 6.54 Å². The molecule has 31 heavy (non-hydrogen) atoms. The first-order chi connectivity index (χ1) is 15.0. The normalized spacial score (nSPS) is 10.2. The van der Waals surface area contributed by atoms with Crippen LogP contribution in [0, 0.1) is 12.3 Å². The fourth-order valence-electron chi connectivity index (χ4n) is 3.15. The zero-order chi connectivity index (χ0) is 22.1. The average molecular weight is 412 g/mol. The van der Waals surface area contributed by atoms with E-state index >= 15 is 0 Å². The van der Waals surface area contributed by atoms with Crippen LogP contribution in [0.5, 0.6) is 5.75 Å². The zero-order valence-electron chi connectivity index (χ0n) is 17.6. The van der Waals surface area contributed by atoms with Crippen molar-refractivity contribution >= 4 is 17.4 Å². The van der Waals surface area contributed by atoms with Crippen molar-refractivity contribution in [3.8, 4) is 18.1 Å². The molecule has 0 N–H and O–H groups in total. The van der Waals surface area contributed by atoms with Gasteiger partial charge in [0.15, 0.2) is 6.61 Å². The summed E-state index contributed by atoms with van der Waals surface area (Å²) in [5, 5.41) is 0. The molecule has 0 bridgehead atoms. The summed E-state index contributed by atoms with van der Waals surface area (Å²) in [6.07, 6.45) is 6.75. The standard InChI is InChI=1S/C27H25NO3/c1-3-22-10-7-11-25(18-22)28(19-24-8-5-4-6-9-24)27(30)20-31-26-16-14-23(15-17-26)13-12-21(2)29/h1,4-11,14-18H,12-13,19-20H2,2H3. The van der Waals surface area contributed by atoms with Crippen molar-refractivity contribution in [2.75, 3.05) is 11.5 Å². The number of amides is 1. The van der Waals surface area contributed by atoms with E-state index < -0.39 is 0 Å². The van der Waals surface area contributed by atoms with Crippen LogP contribution >= 0.6 is 0 Å². The molecule has 0 spiro atoms. The third-order valence-corrected chi connectivity index (χ3v) is 4.86. The van der Waals surface area contributed by atoms with Crippen LogP contribution in [0.1, 0.15) is 30.0 Å². The van der Waals surface area contributed by atoms with Crippen LogP contribution in [0.15, 0.2) is 78.9 Å². The van der Waals surface area contributed by atoms with Gasteiger partial charge < -0.3 is 14.4 Å². The molecule has 1 amide bonds. The monoisotopic (exact) mass is 411 g/mol. The SMILES string of the molecule is C#Cc1cccc(N(Cc2ccccc2)C(=O)COc2ccc(CCC(C)=O)cc2)c1. The quantitative estimate of drug-likeness (QED) is 0.475. The van der Waals surface area contributed by atoms with Crippen LogP contribution in [0.4, 0.5) is 5.69 Å². The summed E-state index contributed by atoms with van der Waals surface area (Å²) >= 11 is 0. The molecule has 156 valence electrons. The van der Waals surface area contributed by atoms with E-state index in [9.17, 15) is 9.59 Å². The van der Waals surface area contributed by atoms with E-state index in [4.69, 9.17) is 11.2 Å².